The number of aliphatic carboxylic acids is 1. The van der Waals surface area contributed by atoms with Crippen LogP contribution in [-0.4, -0.2) is 21.8 Å². The highest BCUT2D eigenvalue weighted by atomic mass is 35.5. The highest BCUT2D eigenvalue weighted by molar-refractivity contribution is 6.34. The van der Waals surface area contributed by atoms with Crippen LogP contribution < -0.4 is 11.2 Å². The molecule has 0 spiro atoms. The van der Waals surface area contributed by atoms with E-state index in [0.29, 0.717) is 0 Å². The highest BCUT2D eigenvalue weighted by Gasteiger charge is 2.14. The smallest absolute Gasteiger partial charge is 0.373 e. The number of nitro benzene ring substituents is 1. The number of nitrogens with two attached hydrogens (primary N) is 1. The maximum Gasteiger partial charge on any atom is 0.373 e. The van der Waals surface area contributed by atoms with Crippen LogP contribution >= 0.6 is 11.6 Å². The zero-order chi connectivity index (χ0) is 13.0. The van der Waals surface area contributed by atoms with Crippen molar-refractivity contribution in [2.24, 2.45) is 10.8 Å². The fourth-order valence-corrected chi connectivity index (χ4v) is 1.10. The Bertz CT molecular complexity index is 502. The first-order valence-electron chi connectivity index (χ1n) is 4.18. The van der Waals surface area contributed by atoms with Gasteiger partial charge in [0.25, 0.3) is 5.69 Å². The largest absolute Gasteiger partial charge is 0.475 e. The van der Waals surface area contributed by atoms with Gasteiger partial charge in [-0.05, 0) is 12.1 Å². The quantitative estimate of drug-likeness (QED) is 0.321. The first-order chi connectivity index (χ1) is 7.91. The summed E-state index contributed by atoms with van der Waals surface area (Å²) in [5.74, 6) is -2.17. The van der Waals surface area contributed by atoms with Gasteiger partial charge in [0.2, 0.25) is 5.84 Å². The second-order valence-electron chi connectivity index (χ2n) is 2.83. The number of benzene rings is 1. The lowest BCUT2D eigenvalue weighted by Gasteiger charge is -2.02. The Balaban J connectivity index is 3.05. The van der Waals surface area contributed by atoms with Gasteiger partial charge in [0.15, 0.2) is 0 Å². The molecule has 17 heavy (non-hydrogen) atoms. The molecule has 8 nitrogen and oxygen atoms in total. The first kappa shape index (κ1) is 12.7. The number of carbonyl (C=O) groups is 1. The molecule has 0 aromatic heterocycles. The number of rotatable bonds is 3. The topological polar surface area (TPSA) is 131 Å². The highest BCUT2D eigenvalue weighted by Crippen LogP contribution is 2.27. The summed E-state index contributed by atoms with van der Waals surface area (Å²) in [7, 11) is 0. The molecule has 0 radical (unpaired) electrons. The number of halogens is 1. The third-order valence-corrected chi connectivity index (χ3v) is 1.91. The maximum absolute atomic E-state index is 10.6. The second-order valence-corrected chi connectivity index (χ2v) is 3.27. The predicted octanol–water partition coefficient (Wildman–Crippen LogP) is 1.02. The predicted molar refractivity (Wildman–Crippen MR) is 61.0 cm³/mol. The Labute approximate surface area is 99.8 Å². The van der Waals surface area contributed by atoms with Crippen molar-refractivity contribution in [3.05, 3.63) is 33.3 Å². The number of nitro groups is 1. The molecule has 0 aliphatic rings. The van der Waals surface area contributed by atoms with Crippen LogP contribution in [0.2, 0.25) is 5.02 Å². The SMILES string of the molecule is N/C(=N/Nc1cc(Cl)ccc1[N+](=O)[O-])C(=O)O. The van der Waals surface area contributed by atoms with Crippen molar-refractivity contribution in [3.63, 3.8) is 0 Å². The second kappa shape index (κ2) is 5.12. The van der Waals surface area contributed by atoms with E-state index >= 15 is 0 Å². The molecule has 0 fully saturated rings. The van der Waals surface area contributed by atoms with Crippen molar-refractivity contribution in [1.82, 2.24) is 0 Å². The Hall–Kier alpha value is -2.35. The minimum absolute atomic E-state index is 0.0494. The number of anilines is 1. The van der Waals surface area contributed by atoms with E-state index in [4.69, 9.17) is 22.4 Å². The van der Waals surface area contributed by atoms with E-state index in [1.165, 1.54) is 12.1 Å². The summed E-state index contributed by atoms with van der Waals surface area (Å²) < 4.78 is 0. The number of nitrogens with one attached hydrogen (secondary N) is 1. The molecule has 0 amide bonds. The summed E-state index contributed by atoms with van der Waals surface area (Å²) >= 11 is 5.64. The van der Waals surface area contributed by atoms with Crippen molar-refractivity contribution in [2.45, 2.75) is 0 Å². The summed E-state index contributed by atoms with van der Waals surface area (Å²) in [4.78, 5) is 20.3. The third kappa shape index (κ3) is 3.31. The minimum Gasteiger partial charge on any atom is -0.475 e. The van der Waals surface area contributed by atoms with Crippen LogP contribution in [0.25, 0.3) is 0 Å². The summed E-state index contributed by atoms with van der Waals surface area (Å²) in [5.41, 5.74) is 6.84. The van der Waals surface area contributed by atoms with Crippen LogP contribution in [0.5, 0.6) is 0 Å². The standard InChI is InChI=1S/C8H7ClN4O4/c9-4-1-2-6(13(16)17)5(3-4)11-12-7(10)8(14)15/h1-3,11H,(H2,10,12)(H,14,15). The molecule has 1 aromatic carbocycles. The Morgan fingerprint density at radius 3 is 2.76 bits per heavy atom. The fraction of sp³-hybridized carbons (Fsp3) is 0. The first-order valence-corrected chi connectivity index (χ1v) is 4.56. The summed E-state index contributed by atoms with van der Waals surface area (Å²) in [6, 6.07) is 3.73. The zero-order valence-electron chi connectivity index (χ0n) is 8.25. The number of nitrogens with zero attached hydrogens (tertiary/aromatic N) is 2. The van der Waals surface area contributed by atoms with E-state index < -0.39 is 16.7 Å². The van der Waals surface area contributed by atoms with Gasteiger partial charge < -0.3 is 10.8 Å². The molecule has 9 heteroatoms. The van der Waals surface area contributed by atoms with Gasteiger partial charge in [-0.1, -0.05) is 11.6 Å². The lowest BCUT2D eigenvalue weighted by atomic mass is 10.3. The van der Waals surface area contributed by atoms with Crippen LogP contribution in [0.1, 0.15) is 0 Å². The molecule has 0 heterocycles. The van der Waals surface area contributed by atoms with Crippen molar-refractivity contribution < 1.29 is 14.8 Å². The maximum atomic E-state index is 10.6. The van der Waals surface area contributed by atoms with Gasteiger partial charge in [-0.15, -0.1) is 5.10 Å². The molecule has 0 saturated heterocycles. The van der Waals surface area contributed by atoms with Gasteiger partial charge in [-0.2, -0.15) is 0 Å². The number of hydrogen-bond acceptors (Lipinski definition) is 5. The van der Waals surface area contributed by atoms with Gasteiger partial charge in [0, 0.05) is 11.1 Å². The average Bonchev–Trinajstić information content (AvgIpc) is 2.25. The Morgan fingerprint density at radius 1 is 1.59 bits per heavy atom. The third-order valence-electron chi connectivity index (χ3n) is 1.67. The van der Waals surface area contributed by atoms with Gasteiger partial charge in [-0.3, -0.25) is 15.5 Å². The number of carboxylic acid groups (broad SMARTS) is 1. The summed E-state index contributed by atoms with van der Waals surface area (Å²) in [6.45, 7) is 0. The minimum atomic E-state index is -1.44. The van der Waals surface area contributed by atoms with E-state index in [1.807, 2.05) is 0 Å². The van der Waals surface area contributed by atoms with Crippen LogP contribution in [0, 0.1) is 10.1 Å². The van der Waals surface area contributed by atoms with Crippen LogP contribution in [0.4, 0.5) is 11.4 Å². The molecule has 0 aliphatic carbocycles. The number of amidine groups is 1. The van der Waals surface area contributed by atoms with E-state index in [1.54, 1.807) is 0 Å². The van der Waals surface area contributed by atoms with Crippen molar-refractivity contribution in [1.29, 1.82) is 0 Å². The molecule has 1 rings (SSSR count). The van der Waals surface area contributed by atoms with Gasteiger partial charge >= 0.3 is 5.97 Å². The molecule has 90 valence electrons. The number of hydrazone groups is 1. The average molecular weight is 259 g/mol. The molecule has 0 atom stereocenters. The Morgan fingerprint density at radius 2 is 2.24 bits per heavy atom. The van der Waals surface area contributed by atoms with E-state index in [9.17, 15) is 14.9 Å². The van der Waals surface area contributed by atoms with Crippen molar-refractivity contribution in [2.75, 3.05) is 5.43 Å². The van der Waals surface area contributed by atoms with Gasteiger partial charge in [-0.25, -0.2) is 4.79 Å². The lowest BCUT2D eigenvalue weighted by Crippen LogP contribution is -2.24. The number of carboxylic acids is 1. The van der Waals surface area contributed by atoms with Crippen molar-refractivity contribution in [3.8, 4) is 0 Å². The van der Waals surface area contributed by atoms with E-state index in [0.717, 1.165) is 6.07 Å². The van der Waals surface area contributed by atoms with Crippen LogP contribution in [0.3, 0.4) is 0 Å². The van der Waals surface area contributed by atoms with E-state index in [2.05, 4.69) is 10.5 Å². The molecular weight excluding hydrogens is 252 g/mol. The molecule has 0 unspecified atom stereocenters. The van der Waals surface area contributed by atoms with Gasteiger partial charge in [0.05, 0.1) is 4.92 Å². The fourth-order valence-electron chi connectivity index (χ4n) is 0.925. The molecule has 1 aromatic rings. The van der Waals surface area contributed by atoms with Crippen molar-refractivity contribution >= 4 is 34.8 Å². The molecular formula is C8H7ClN4O4. The van der Waals surface area contributed by atoms with Crippen LogP contribution in [0.15, 0.2) is 23.3 Å². The molecule has 0 bridgehead atoms. The number of hydrogen-bond donors (Lipinski definition) is 3. The van der Waals surface area contributed by atoms with E-state index in [-0.39, 0.29) is 16.4 Å². The molecule has 0 aliphatic heterocycles. The lowest BCUT2D eigenvalue weighted by molar-refractivity contribution is -0.384. The summed E-state index contributed by atoms with van der Waals surface area (Å²) in [5, 5.41) is 22.6. The molecule has 4 N–H and O–H groups in total. The zero-order valence-corrected chi connectivity index (χ0v) is 9.01. The van der Waals surface area contributed by atoms with Crippen LogP contribution in [-0.2, 0) is 4.79 Å². The van der Waals surface area contributed by atoms with Gasteiger partial charge in [0.1, 0.15) is 5.69 Å². The normalized spacial score (nSPS) is 11.0. The summed E-state index contributed by atoms with van der Waals surface area (Å²) in [6.07, 6.45) is 0. The Kier molecular flexibility index (Phi) is 3.83. The monoisotopic (exact) mass is 258 g/mol. The molecule has 0 saturated carbocycles.